The Hall–Kier alpha value is -1.10. The molecule has 0 aromatic carbocycles. The number of hydrogen-bond donors (Lipinski definition) is 3. The van der Waals surface area contributed by atoms with Gasteiger partial charge >= 0.3 is 0 Å². The molecule has 0 aromatic rings. The number of amides is 2. The summed E-state index contributed by atoms with van der Waals surface area (Å²) in [5.74, 6) is 0.322. The van der Waals surface area contributed by atoms with Gasteiger partial charge in [0.2, 0.25) is 11.8 Å². The average molecular weight is 227 g/mol. The minimum Gasteiger partial charge on any atom is -0.354 e. The molecule has 0 aromatic heterocycles. The zero-order chi connectivity index (χ0) is 12.0. The summed E-state index contributed by atoms with van der Waals surface area (Å²) in [4.78, 5) is 22.5. The minimum absolute atomic E-state index is 0.0330. The van der Waals surface area contributed by atoms with Crippen molar-refractivity contribution < 1.29 is 9.59 Å². The Bertz CT molecular complexity index is 250. The maximum Gasteiger partial charge on any atom is 0.234 e. The molecular formula is C11H21N3O2. The van der Waals surface area contributed by atoms with Gasteiger partial charge in [0.05, 0.1) is 6.54 Å². The van der Waals surface area contributed by atoms with Crippen molar-refractivity contribution in [2.45, 2.75) is 32.7 Å². The summed E-state index contributed by atoms with van der Waals surface area (Å²) in [6.45, 7) is 5.32. The molecule has 1 rings (SSSR count). The highest BCUT2D eigenvalue weighted by Gasteiger charge is 2.28. The van der Waals surface area contributed by atoms with Crippen LogP contribution in [0.2, 0.25) is 0 Å². The van der Waals surface area contributed by atoms with E-state index < -0.39 is 0 Å². The summed E-state index contributed by atoms with van der Waals surface area (Å²) in [5, 5.41) is 8.55. The van der Waals surface area contributed by atoms with E-state index in [2.05, 4.69) is 16.0 Å². The molecule has 0 bridgehead atoms. The first-order chi connectivity index (χ1) is 7.59. The third kappa shape index (κ3) is 5.70. The van der Waals surface area contributed by atoms with Gasteiger partial charge in [0.25, 0.3) is 0 Å². The lowest BCUT2D eigenvalue weighted by Gasteiger charge is -2.09. The van der Waals surface area contributed by atoms with Crippen LogP contribution in [0.1, 0.15) is 26.7 Å². The molecule has 0 unspecified atom stereocenters. The summed E-state index contributed by atoms with van der Waals surface area (Å²) < 4.78 is 0. The molecule has 0 heterocycles. The second-order valence-corrected chi connectivity index (χ2v) is 4.45. The third-order valence-electron chi connectivity index (χ3n) is 2.37. The highest BCUT2D eigenvalue weighted by Crippen LogP contribution is 2.28. The highest BCUT2D eigenvalue weighted by molar-refractivity contribution is 5.81. The molecule has 1 fully saturated rings. The first kappa shape index (κ1) is 13.0. The van der Waals surface area contributed by atoms with Gasteiger partial charge < -0.3 is 16.0 Å². The van der Waals surface area contributed by atoms with E-state index in [1.54, 1.807) is 0 Å². The molecule has 16 heavy (non-hydrogen) atoms. The molecule has 0 atom stereocenters. The molecule has 1 saturated carbocycles. The van der Waals surface area contributed by atoms with Gasteiger partial charge in [-0.25, -0.2) is 0 Å². The summed E-state index contributed by atoms with van der Waals surface area (Å²) in [6, 6.07) is 0.306. The molecule has 5 nitrogen and oxygen atoms in total. The lowest BCUT2D eigenvalue weighted by Crippen LogP contribution is -2.40. The molecule has 92 valence electrons. The Morgan fingerprint density at radius 3 is 2.38 bits per heavy atom. The molecule has 5 heteroatoms. The average Bonchev–Trinajstić information content (AvgIpc) is 3.04. The quantitative estimate of drug-likeness (QED) is 0.520. The molecule has 0 saturated heterocycles. The fourth-order valence-corrected chi connectivity index (χ4v) is 1.24. The van der Waals surface area contributed by atoms with Crippen LogP contribution in [-0.2, 0) is 9.59 Å². The second-order valence-electron chi connectivity index (χ2n) is 4.45. The normalized spacial score (nSPS) is 14.9. The predicted molar refractivity (Wildman–Crippen MR) is 61.9 cm³/mol. The monoisotopic (exact) mass is 227 g/mol. The Labute approximate surface area is 96.4 Å². The number of hydrogen-bond acceptors (Lipinski definition) is 3. The van der Waals surface area contributed by atoms with Crippen LogP contribution in [0.25, 0.3) is 0 Å². The predicted octanol–water partition coefficient (Wildman–Crippen LogP) is -0.373. The molecule has 0 radical (unpaired) electrons. The van der Waals surface area contributed by atoms with E-state index in [9.17, 15) is 9.59 Å². The molecule has 1 aliphatic rings. The van der Waals surface area contributed by atoms with Crippen molar-refractivity contribution >= 4 is 11.8 Å². The van der Waals surface area contributed by atoms with Crippen LogP contribution in [0, 0.1) is 5.92 Å². The second kappa shape index (κ2) is 6.48. The molecule has 1 aliphatic carbocycles. The van der Waals surface area contributed by atoms with Crippen LogP contribution in [0.3, 0.4) is 0 Å². The van der Waals surface area contributed by atoms with Gasteiger partial charge in [-0.05, 0) is 12.8 Å². The number of rotatable bonds is 7. The first-order valence-electron chi connectivity index (χ1n) is 5.87. The number of carbonyl (C=O) groups excluding carboxylic acids is 2. The molecule has 0 spiro atoms. The van der Waals surface area contributed by atoms with Crippen LogP contribution in [0.5, 0.6) is 0 Å². The highest BCUT2D eigenvalue weighted by atomic mass is 16.2. The molecule has 3 N–H and O–H groups in total. The van der Waals surface area contributed by atoms with Crippen LogP contribution in [-0.4, -0.2) is 37.5 Å². The van der Waals surface area contributed by atoms with E-state index in [4.69, 9.17) is 0 Å². The van der Waals surface area contributed by atoms with Crippen LogP contribution in [0.4, 0.5) is 0 Å². The fraction of sp³-hybridized carbons (Fsp3) is 0.818. The smallest absolute Gasteiger partial charge is 0.234 e. The van der Waals surface area contributed by atoms with Crippen molar-refractivity contribution in [3.8, 4) is 0 Å². The van der Waals surface area contributed by atoms with E-state index in [-0.39, 0.29) is 17.7 Å². The maximum absolute atomic E-state index is 11.3. The largest absolute Gasteiger partial charge is 0.354 e. The zero-order valence-corrected chi connectivity index (χ0v) is 10.0. The topological polar surface area (TPSA) is 70.2 Å². The van der Waals surface area contributed by atoms with Crippen molar-refractivity contribution in [1.29, 1.82) is 0 Å². The fourth-order valence-electron chi connectivity index (χ4n) is 1.24. The van der Waals surface area contributed by atoms with E-state index >= 15 is 0 Å². The standard InChI is InChI=1S/C11H21N3O2/c1-8(2)14-7-10(15)12-5-6-13-11(16)9-3-4-9/h8-9,14H,3-7H2,1-2H3,(H,12,15)(H,13,16). The number of carbonyl (C=O) groups is 2. The van der Waals surface area contributed by atoms with Gasteiger partial charge in [-0.15, -0.1) is 0 Å². The van der Waals surface area contributed by atoms with Crippen molar-refractivity contribution in [3.05, 3.63) is 0 Å². The van der Waals surface area contributed by atoms with Crippen molar-refractivity contribution in [1.82, 2.24) is 16.0 Å². The number of nitrogens with one attached hydrogen (secondary N) is 3. The van der Waals surface area contributed by atoms with E-state index in [1.807, 2.05) is 13.8 Å². The maximum atomic E-state index is 11.3. The van der Waals surface area contributed by atoms with Crippen molar-refractivity contribution in [2.24, 2.45) is 5.92 Å². The van der Waals surface area contributed by atoms with E-state index in [1.165, 1.54) is 0 Å². The van der Waals surface area contributed by atoms with Crippen LogP contribution in [0.15, 0.2) is 0 Å². The van der Waals surface area contributed by atoms with Gasteiger partial charge in [-0.3, -0.25) is 9.59 Å². The van der Waals surface area contributed by atoms with Crippen LogP contribution >= 0.6 is 0 Å². The summed E-state index contributed by atoms with van der Waals surface area (Å²) in [5.41, 5.74) is 0. The first-order valence-corrected chi connectivity index (χ1v) is 5.87. The van der Waals surface area contributed by atoms with Gasteiger partial charge in [-0.1, -0.05) is 13.8 Å². The molecule has 2 amide bonds. The SMILES string of the molecule is CC(C)NCC(=O)NCCNC(=O)C1CC1. The van der Waals surface area contributed by atoms with E-state index in [0.717, 1.165) is 12.8 Å². The molecule has 0 aliphatic heterocycles. The Balaban J connectivity index is 1.93. The van der Waals surface area contributed by atoms with Gasteiger partial charge in [0.15, 0.2) is 0 Å². The van der Waals surface area contributed by atoms with Gasteiger partial charge in [-0.2, -0.15) is 0 Å². The summed E-state index contributed by atoms with van der Waals surface area (Å²) >= 11 is 0. The lowest BCUT2D eigenvalue weighted by atomic mass is 10.4. The van der Waals surface area contributed by atoms with E-state index in [0.29, 0.717) is 25.7 Å². The van der Waals surface area contributed by atoms with Crippen LogP contribution < -0.4 is 16.0 Å². The van der Waals surface area contributed by atoms with Crippen molar-refractivity contribution in [3.63, 3.8) is 0 Å². The zero-order valence-electron chi connectivity index (χ0n) is 10.0. The third-order valence-corrected chi connectivity index (χ3v) is 2.37. The Morgan fingerprint density at radius 2 is 1.81 bits per heavy atom. The summed E-state index contributed by atoms with van der Waals surface area (Å²) in [7, 11) is 0. The minimum atomic E-state index is -0.0330. The lowest BCUT2D eigenvalue weighted by molar-refractivity contribution is -0.123. The Morgan fingerprint density at radius 1 is 1.19 bits per heavy atom. The Kier molecular flexibility index (Phi) is 5.25. The van der Waals surface area contributed by atoms with Gasteiger partial charge in [0, 0.05) is 25.0 Å². The van der Waals surface area contributed by atoms with Gasteiger partial charge in [0.1, 0.15) is 0 Å². The van der Waals surface area contributed by atoms with Crippen molar-refractivity contribution in [2.75, 3.05) is 19.6 Å². The molecular weight excluding hydrogens is 206 g/mol. The summed E-state index contributed by atoms with van der Waals surface area (Å²) in [6.07, 6.45) is 2.02.